The highest BCUT2D eigenvalue weighted by atomic mass is 16.5. The Kier molecular flexibility index (Phi) is 7.38. The highest BCUT2D eigenvalue weighted by Crippen LogP contribution is 2.25. The molecule has 0 heterocycles. The second kappa shape index (κ2) is 9.95. The summed E-state index contributed by atoms with van der Waals surface area (Å²) in [5.74, 6) is -0.363. The molecule has 0 aromatic heterocycles. The standard InChI is InChI=1S/C22H22N2O5/c1-14-8-9-20(28-4)19(10-14)24-21(25)15(2)29-22(26)17(13-23)11-16-6-5-7-18(12-16)27-3/h5-12,15H,1-4H3,(H,24,25)/b17-11+/t15-/m1/s1. The summed E-state index contributed by atoms with van der Waals surface area (Å²) in [6, 6.07) is 14.0. The van der Waals surface area contributed by atoms with Crippen molar-refractivity contribution < 1.29 is 23.8 Å². The van der Waals surface area contributed by atoms with Gasteiger partial charge in [-0.1, -0.05) is 18.2 Å². The van der Waals surface area contributed by atoms with Crippen molar-refractivity contribution >= 4 is 23.6 Å². The summed E-state index contributed by atoms with van der Waals surface area (Å²) < 4.78 is 15.5. The van der Waals surface area contributed by atoms with Gasteiger partial charge in [0.05, 0.1) is 19.9 Å². The van der Waals surface area contributed by atoms with Gasteiger partial charge in [-0.25, -0.2) is 4.79 Å². The number of ether oxygens (including phenoxy) is 3. The highest BCUT2D eigenvalue weighted by molar-refractivity contribution is 6.01. The Morgan fingerprint density at radius 3 is 2.55 bits per heavy atom. The number of nitriles is 1. The van der Waals surface area contributed by atoms with Gasteiger partial charge in [-0.15, -0.1) is 0 Å². The fourth-order valence-corrected chi connectivity index (χ4v) is 2.47. The van der Waals surface area contributed by atoms with E-state index in [1.165, 1.54) is 27.2 Å². The van der Waals surface area contributed by atoms with Crippen LogP contribution in [0.5, 0.6) is 11.5 Å². The molecule has 0 spiro atoms. The van der Waals surface area contributed by atoms with E-state index in [1.54, 1.807) is 42.5 Å². The van der Waals surface area contributed by atoms with Gasteiger partial charge >= 0.3 is 5.97 Å². The van der Waals surface area contributed by atoms with E-state index in [-0.39, 0.29) is 5.57 Å². The molecule has 2 aromatic rings. The van der Waals surface area contributed by atoms with Gasteiger partial charge in [0.2, 0.25) is 0 Å². The van der Waals surface area contributed by atoms with E-state index >= 15 is 0 Å². The van der Waals surface area contributed by atoms with E-state index in [2.05, 4.69) is 5.32 Å². The smallest absolute Gasteiger partial charge is 0.349 e. The van der Waals surface area contributed by atoms with Crippen molar-refractivity contribution in [3.8, 4) is 17.6 Å². The molecule has 2 aromatic carbocycles. The van der Waals surface area contributed by atoms with E-state index in [4.69, 9.17) is 14.2 Å². The summed E-state index contributed by atoms with van der Waals surface area (Å²) in [5.41, 5.74) is 1.76. The Labute approximate surface area is 169 Å². The van der Waals surface area contributed by atoms with Crippen LogP contribution in [-0.2, 0) is 14.3 Å². The number of carbonyl (C=O) groups excluding carboxylic acids is 2. The maximum atomic E-state index is 12.4. The summed E-state index contributed by atoms with van der Waals surface area (Å²) in [6.07, 6.45) is 0.258. The quantitative estimate of drug-likeness (QED) is 0.439. The molecule has 1 N–H and O–H groups in total. The number of rotatable bonds is 7. The predicted octanol–water partition coefficient (Wildman–Crippen LogP) is 3.49. The Balaban J connectivity index is 2.10. The minimum Gasteiger partial charge on any atom is -0.497 e. The lowest BCUT2D eigenvalue weighted by Gasteiger charge is -2.15. The van der Waals surface area contributed by atoms with Crippen LogP contribution in [0.1, 0.15) is 18.1 Å². The molecule has 0 saturated carbocycles. The molecule has 0 unspecified atom stereocenters. The number of methoxy groups -OCH3 is 2. The van der Waals surface area contributed by atoms with E-state index < -0.39 is 18.0 Å². The summed E-state index contributed by atoms with van der Waals surface area (Å²) in [7, 11) is 3.01. The second-order valence-corrected chi connectivity index (χ2v) is 6.19. The van der Waals surface area contributed by atoms with Crippen molar-refractivity contribution in [1.82, 2.24) is 0 Å². The first kappa shape index (κ1) is 21.5. The number of esters is 1. The van der Waals surface area contributed by atoms with Crippen LogP contribution in [-0.4, -0.2) is 32.2 Å². The lowest BCUT2D eigenvalue weighted by atomic mass is 10.1. The fourth-order valence-electron chi connectivity index (χ4n) is 2.47. The molecule has 1 amide bonds. The maximum Gasteiger partial charge on any atom is 0.349 e. The van der Waals surface area contributed by atoms with Crippen LogP contribution < -0.4 is 14.8 Å². The topological polar surface area (TPSA) is 97.6 Å². The van der Waals surface area contributed by atoms with Crippen LogP contribution in [0.25, 0.3) is 6.08 Å². The number of hydrogen-bond donors (Lipinski definition) is 1. The lowest BCUT2D eigenvalue weighted by Crippen LogP contribution is -2.30. The maximum absolute atomic E-state index is 12.4. The summed E-state index contributed by atoms with van der Waals surface area (Å²) in [6.45, 7) is 3.30. The summed E-state index contributed by atoms with van der Waals surface area (Å²) >= 11 is 0. The van der Waals surface area contributed by atoms with Gasteiger partial charge in [-0.05, 0) is 55.3 Å². The van der Waals surface area contributed by atoms with Crippen LogP contribution in [0.4, 0.5) is 5.69 Å². The van der Waals surface area contributed by atoms with E-state index in [9.17, 15) is 14.9 Å². The number of hydrogen-bond acceptors (Lipinski definition) is 6. The van der Waals surface area contributed by atoms with Crippen LogP contribution in [0.2, 0.25) is 0 Å². The van der Waals surface area contributed by atoms with Crippen LogP contribution in [0.3, 0.4) is 0 Å². The Hall–Kier alpha value is -3.79. The van der Waals surface area contributed by atoms with Gasteiger partial charge in [0.15, 0.2) is 6.10 Å². The zero-order valence-electron chi connectivity index (χ0n) is 16.7. The van der Waals surface area contributed by atoms with Crippen molar-refractivity contribution in [3.63, 3.8) is 0 Å². The van der Waals surface area contributed by atoms with Crippen LogP contribution in [0, 0.1) is 18.3 Å². The van der Waals surface area contributed by atoms with E-state index in [0.717, 1.165) is 5.56 Å². The molecule has 7 heteroatoms. The SMILES string of the molecule is COc1cccc(/C=C(\C#N)C(=O)O[C@H](C)C(=O)Nc2cc(C)ccc2OC)c1. The van der Waals surface area contributed by atoms with Gasteiger partial charge in [0, 0.05) is 0 Å². The largest absolute Gasteiger partial charge is 0.497 e. The molecule has 0 fully saturated rings. The van der Waals surface area contributed by atoms with Gasteiger partial charge < -0.3 is 19.5 Å². The molecule has 7 nitrogen and oxygen atoms in total. The van der Waals surface area contributed by atoms with E-state index in [0.29, 0.717) is 22.7 Å². The van der Waals surface area contributed by atoms with Gasteiger partial charge in [-0.2, -0.15) is 5.26 Å². The first-order chi connectivity index (χ1) is 13.9. The molecule has 150 valence electrons. The number of anilines is 1. The highest BCUT2D eigenvalue weighted by Gasteiger charge is 2.21. The zero-order chi connectivity index (χ0) is 21.4. The number of carbonyl (C=O) groups is 2. The third-order valence-corrected chi connectivity index (χ3v) is 4.01. The van der Waals surface area contributed by atoms with Crippen molar-refractivity contribution in [2.75, 3.05) is 19.5 Å². The molecule has 0 bridgehead atoms. The molecular formula is C22H22N2O5. The average molecular weight is 394 g/mol. The first-order valence-corrected chi connectivity index (χ1v) is 8.80. The molecule has 0 aliphatic carbocycles. The average Bonchev–Trinajstić information content (AvgIpc) is 2.72. The normalized spacial score (nSPS) is 11.8. The summed E-state index contributed by atoms with van der Waals surface area (Å²) in [4.78, 5) is 24.7. The number of nitrogens with zero attached hydrogens (tertiary/aromatic N) is 1. The lowest BCUT2D eigenvalue weighted by molar-refractivity contribution is -0.148. The molecule has 0 saturated heterocycles. The van der Waals surface area contributed by atoms with Crippen LogP contribution >= 0.6 is 0 Å². The third-order valence-electron chi connectivity index (χ3n) is 4.01. The van der Waals surface area contributed by atoms with Gasteiger partial charge in [0.25, 0.3) is 5.91 Å². The Morgan fingerprint density at radius 2 is 1.90 bits per heavy atom. The fraction of sp³-hybridized carbons (Fsp3) is 0.227. The van der Waals surface area contributed by atoms with E-state index in [1.807, 2.05) is 13.0 Å². The Bertz CT molecular complexity index is 975. The molecular weight excluding hydrogens is 372 g/mol. The number of nitrogens with one attached hydrogen (secondary N) is 1. The molecule has 1 atom stereocenters. The van der Waals surface area contributed by atoms with Crippen LogP contribution in [0.15, 0.2) is 48.0 Å². The molecule has 0 radical (unpaired) electrons. The monoisotopic (exact) mass is 394 g/mol. The molecule has 0 aliphatic heterocycles. The number of benzene rings is 2. The number of aryl methyl sites for hydroxylation is 1. The zero-order valence-corrected chi connectivity index (χ0v) is 16.7. The number of amides is 1. The minimum atomic E-state index is -1.12. The second-order valence-electron chi connectivity index (χ2n) is 6.19. The Morgan fingerprint density at radius 1 is 1.14 bits per heavy atom. The van der Waals surface area contributed by atoms with Crippen molar-refractivity contribution in [2.24, 2.45) is 0 Å². The van der Waals surface area contributed by atoms with Crippen molar-refractivity contribution in [3.05, 3.63) is 59.2 Å². The first-order valence-electron chi connectivity index (χ1n) is 8.80. The minimum absolute atomic E-state index is 0.231. The van der Waals surface area contributed by atoms with Crippen molar-refractivity contribution in [2.45, 2.75) is 20.0 Å². The van der Waals surface area contributed by atoms with Crippen molar-refractivity contribution in [1.29, 1.82) is 5.26 Å². The molecule has 0 aliphatic rings. The van der Waals surface area contributed by atoms with Gasteiger partial charge in [0.1, 0.15) is 23.1 Å². The summed E-state index contributed by atoms with van der Waals surface area (Å²) in [5, 5.41) is 12.0. The molecule has 29 heavy (non-hydrogen) atoms. The predicted molar refractivity (Wildman–Crippen MR) is 108 cm³/mol. The molecule has 2 rings (SSSR count). The third kappa shape index (κ3) is 5.84. The van der Waals surface area contributed by atoms with Gasteiger partial charge in [-0.3, -0.25) is 4.79 Å².